The molecule has 1 heterocycles. The van der Waals surface area contributed by atoms with Crippen molar-refractivity contribution >= 4 is 5.91 Å². The number of ether oxygens (including phenoxy) is 2. The normalized spacial score (nSPS) is 10.7. The van der Waals surface area contributed by atoms with Gasteiger partial charge in [0.25, 0.3) is 0 Å². The number of nitrogens with one attached hydrogen (secondary N) is 1. The third-order valence-corrected chi connectivity index (χ3v) is 4.32. The van der Waals surface area contributed by atoms with Crippen LogP contribution >= 0.6 is 0 Å². The summed E-state index contributed by atoms with van der Waals surface area (Å²) in [6.07, 6.45) is 1.72. The molecule has 6 nitrogen and oxygen atoms in total. The van der Waals surface area contributed by atoms with Gasteiger partial charge in [0, 0.05) is 6.54 Å². The van der Waals surface area contributed by atoms with Crippen molar-refractivity contribution in [3.63, 3.8) is 0 Å². The fraction of sp³-hybridized carbons (Fsp3) is 0.476. The predicted octanol–water partition coefficient (Wildman–Crippen LogP) is 3.18. The summed E-state index contributed by atoms with van der Waals surface area (Å²) in [5.74, 6) is 3.10. The number of nitrogens with zero attached hydrogens (tertiary/aromatic N) is 1. The second-order valence-corrected chi connectivity index (χ2v) is 6.44. The Balaban J connectivity index is 2.05. The molecule has 1 aromatic carbocycles. The maximum absolute atomic E-state index is 12.7. The summed E-state index contributed by atoms with van der Waals surface area (Å²) in [7, 11) is 3.24. The minimum atomic E-state index is 0.0676. The van der Waals surface area contributed by atoms with Gasteiger partial charge in [-0.25, -0.2) is 0 Å². The molecule has 0 radical (unpaired) electrons. The molecule has 1 amide bonds. The van der Waals surface area contributed by atoms with E-state index in [2.05, 4.69) is 12.2 Å². The van der Waals surface area contributed by atoms with Gasteiger partial charge in [0.05, 0.1) is 27.3 Å². The van der Waals surface area contributed by atoms with Gasteiger partial charge in [-0.2, -0.15) is 0 Å². The third-order valence-electron chi connectivity index (χ3n) is 4.32. The van der Waals surface area contributed by atoms with Crippen molar-refractivity contribution < 1.29 is 18.7 Å². The summed E-state index contributed by atoms with van der Waals surface area (Å²) in [6.45, 7) is 6.21. The lowest BCUT2D eigenvalue weighted by Gasteiger charge is -2.22. The zero-order chi connectivity index (χ0) is 19.6. The zero-order valence-electron chi connectivity index (χ0n) is 16.7. The van der Waals surface area contributed by atoms with Crippen LogP contribution in [-0.2, 0) is 17.8 Å². The van der Waals surface area contributed by atoms with Crippen molar-refractivity contribution in [2.75, 3.05) is 33.9 Å². The van der Waals surface area contributed by atoms with Crippen molar-refractivity contribution in [3.8, 4) is 11.5 Å². The summed E-state index contributed by atoms with van der Waals surface area (Å²) in [5, 5.41) is 3.18. The van der Waals surface area contributed by atoms with E-state index in [0.29, 0.717) is 31.1 Å². The van der Waals surface area contributed by atoms with E-state index in [9.17, 15) is 4.79 Å². The number of methoxy groups -OCH3 is 2. The Morgan fingerprint density at radius 2 is 1.93 bits per heavy atom. The first kappa shape index (κ1) is 20.8. The number of hydrogen-bond acceptors (Lipinski definition) is 5. The van der Waals surface area contributed by atoms with Crippen LogP contribution in [0.15, 0.2) is 34.7 Å². The van der Waals surface area contributed by atoms with E-state index < -0.39 is 0 Å². The number of hydrogen-bond donors (Lipinski definition) is 1. The molecule has 0 aliphatic rings. The van der Waals surface area contributed by atoms with E-state index in [1.165, 1.54) is 0 Å². The van der Waals surface area contributed by atoms with Gasteiger partial charge in [0.15, 0.2) is 11.5 Å². The van der Waals surface area contributed by atoms with Crippen LogP contribution in [0.5, 0.6) is 11.5 Å². The standard InChI is InChI=1S/C21H30N2O4/c1-5-11-22-14-21(24)23(15-18-8-6-16(2)27-18)12-10-17-7-9-19(25-3)20(13-17)26-4/h6-9,13,22H,5,10-12,14-15H2,1-4H3. The van der Waals surface area contributed by atoms with Crippen LogP contribution in [0.4, 0.5) is 0 Å². The zero-order valence-corrected chi connectivity index (χ0v) is 16.7. The molecule has 0 fully saturated rings. The van der Waals surface area contributed by atoms with Crippen LogP contribution in [0.3, 0.4) is 0 Å². The van der Waals surface area contributed by atoms with Gasteiger partial charge in [-0.3, -0.25) is 4.79 Å². The van der Waals surface area contributed by atoms with E-state index >= 15 is 0 Å². The topological polar surface area (TPSA) is 63.9 Å². The highest BCUT2D eigenvalue weighted by atomic mass is 16.5. The number of rotatable bonds is 11. The molecule has 2 rings (SSSR count). The molecule has 1 aromatic heterocycles. The second kappa shape index (κ2) is 10.6. The average molecular weight is 374 g/mol. The molecule has 27 heavy (non-hydrogen) atoms. The Labute approximate surface area is 161 Å². The van der Waals surface area contributed by atoms with E-state index in [1.807, 2.05) is 42.2 Å². The van der Waals surface area contributed by atoms with Crippen molar-refractivity contribution in [2.24, 2.45) is 0 Å². The summed E-state index contributed by atoms with van der Waals surface area (Å²) < 4.78 is 16.3. The monoisotopic (exact) mass is 374 g/mol. The summed E-state index contributed by atoms with van der Waals surface area (Å²) in [4.78, 5) is 14.5. The van der Waals surface area contributed by atoms with Gasteiger partial charge >= 0.3 is 0 Å². The lowest BCUT2D eigenvalue weighted by atomic mass is 10.1. The Bertz CT molecular complexity index is 727. The number of amides is 1. The molecule has 0 atom stereocenters. The van der Waals surface area contributed by atoms with Gasteiger partial charge in [-0.05, 0) is 56.1 Å². The van der Waals surface area contributed by atoms with Gasteiger partial charge in [-0.1, -0.05) is 13.0 Å². The number of benzene rings is 1. The number of furan rings is 1. The molecule has 0 spiro atoms. The Morgan fingerprint density at radius 1 is 1.15 bits per heavy atom. The number of carbonyl (C=O) groups is 1. The minimum absolute atomic E-state index is 0.0676. The summed E-state index contributed by atoms with van der Waals surface area (Å²) in [6, 6.07) is 9.68. The molecule has 0 aliphatic heterocycles. The first-order valence-corrected chi connectivity index (χ1v) is 9.32. The van der Waals surface area contributed by atoms with Crippen molar-refractivity contribution in [2.45, 2.75) is 33.2 Å². The molecule has 6 heteroatoms. The fourth-order valence-electron chi connectivity index (χ4n) is 2.83. The molecule has 0 unspecified atom stereocenters. The molecule has 0 bridgehead atoms. The fourth-order valence-corrected chi connectivity index (χ4v) is 2.83. The van der Waals surface area contributed by atoms with Gasteiger partial charge in [0.1, 0.15) is 11.5 Å². The lowest BCUT2D eigenvalue weighted by molar-refractivity contribution is -0.131. The quantitative estimate of drug-likeness (QED) is 0.612. The maximum Gasteiger partial charge on any atom is 0.236 e. The highest BCUT2D eigenvalue weighted by molar-refractivity contribution is 5.78. The van der Waals surface area contributed by atoms with E-state index in [0.717, 1.165) is 36.5 Å². The predicted molar refractivity (Wildman–Crippen MR) is 105 cm³/mol. The molecular formula is C21H30N2O4. The first-order chi connectivity index (χ1) is 13.1. The van der Waals surface area contributed by atoms with Crippen LogP contribution in [0.25, 0.3) is 0 Å². The van der Waals surface area contributed by atoms with E-state index in [-0.39, 0.29) is 5.91 Å². The van der Waals surface area contributed by atoms with E-state index in [1.54, 1.807) is 14.2 Å². The summed E-state index contributed by atoms with van der Waals surface area (Å²) in [5.41, 5.74) is 1.09. The molecule has 0 saturated heterocycles. The average Bonchev–Trinajstić information content (AvgIpc) is 3.09. The Kier molecular flexibility index (Phi) is 8.20. The largest absolute Gasteiger partial charge is 0.493 e. The number of carbonyl (C=O) groups excluding carboxylic acids is 1. The van der Waals surface area contributed by atoms with Crippen molar-refractivity contribution in [1.29, 1.82) is 0 Å². The molecule has 0 saturated carbocycles. The third kappa shape index (κ3) is 6.32. The molecule has 148 valence electrons. The van der Waals surface area contributed by atoms with Crippen LogP contribution in [0.2, 0.25) is 0 Å². The van der Waals surface area contributed by atoms with Gasteiger partial charge in [-0.15, -0.1) is 0 Å². The SMILES string of the molecule is CCCNCC(=O)N(CCc1ccc(OC)c(OC)c1)Cc1ccc(C)o1. The molecular weight excluding hydrogens is 344 g/mol. The Morgan fingerprint density at radius 3 is 2.56 bits per heavy atom. The van der Waals surface area contributed by atoms with Crippen molar-refractivity contribution in [1.82, 2.24) is 10.2 Å². The maximum atomic E-state index is 12.7. The molecule has 1 N–H and O–H groups in total. The van der Waals surface area contributed by atoms with Crippen LogP contribution < -0.4 is 14.8 Å². The molecule has 0 aliphatic carbocycles. The molecule has 2 aromatic rings. The number of aryl methyl sites for hydroxylation is 1. The second-order valence-electron chi connectivity index (χ2n) is 6.44. The van der Waals surface area contributed by atoms with Crippen LogP contribution in [-0.4, -0.2) is 44.7 Å². The highest BCUT2D eigenvalue weighted by Gasteiger charge is 2.16. The highest BCUT2D eigenvalue weighted by Crippen LogP contribution is 2.27. The smallest absolute Gasteiger partial charge is 0.236 e. The van der Waals surface area contributed by atoms with Gasteiger partial charge in [0.2, 0.25) is 5.91 Å². The van der Waals surface area contributed by atoms with Gasteiger partial charge < -0.3 is 24.1 Å². The minimum Gasteiger partial charge on any atom is -0.493 e. The van der Waals surface area contributed by atoms with Crippen LogP contribution in [0.1, 0.15) is 30.4 Å². The van der Waals surface area contributed by atoms with E-state index in [4.69, 9.17) is 13.9 Å². The van der Waals surface area contributed by atoms with Crippen LogP contribution in [0, 0.1) is 6.92 Å². The first-order valence-electron chi connectivity index (χ1n) is 9.32. The Hall–Kier alpha value is -2.47. The lowest BCUT2D eigenvalue weighted by Crippen LogP contribution is -2.39. The van der Waals surface area contributed by atoms with Crippen molar-refractivity contribution in [3.05, 3.63) is 47.4 Å². The summed E-state index contributed by atoms with van der Waals surface area (Å²) >= 11 is 0.